The highest BCUT2D eigenvalue weighted by Gasteiger charge is 2.27. The fourth-order valence-electron chi connectivity index (χ4n) is 1.48. The van der Waals surface area contributed by atoms with Crippen molar-refractivity contribution in [3.63, 3.8) is 0 Å². The second-order valence-electron chi connectivity index (χ2n) is 3.44. The average molecular weight is 287 g/mol. The van der Waals surface area contributed by atoms with Gasteiger partial charge in [-0.1, -0.05) is 0 Å². The number of aromatic nitrogens is 1. The van der Waals surface area contributed by atoms with Crippen LogP contribution in [-0.2, 0) is 4.79 Å². The van der Waals surface area contributed by atoms with Gasteiger partial charge in [-0.2, -0.15) is 0 Å². The predicted octanol–water partition coefficient (Wildman–Crippen LogP) is 1.32. The molecule has 5 nitrogen and oxygen atoms in total. The van der Waals surface area contributed by atoms with E-state index < -0.39 is 6.10 Å². The van der Waals surface area contributed by atoms with Gasteiger partial charge in [0.1, 0.15) is 4.60 Å². The van der Waals surface area contributed by atoms with Crippen LogP contribution >= 0.6 is 15.9 Å². The molecule has 16 heavy (non-hydrogen) atoms. The first kappa shape index (κ1) is 11.3. The molecule has 2 N–H and O–H groups in total. The van der Waals surface area contributed by atoms with E-state index in [-0.39, 0.29) is 12.5 Å². The average Bonchev–Trinajstić information content (AvgIpc) is 2.26. The van der Waals surface area contributed by atoms with Crippen LogP contribution in [0.3, 0.4) is 0 Å². The third kappa shape index (κ3) is 2.33. The van der Waals surface area contributed by atoms with Gasteiger partial charge in [0.15, 0.2) is 17.7 Å². The number of pyridine rings is 1. The van der Waals surface area contributed by atoms with Crippen molar-refractivity contribution in [2.75, 3.05) is 11.9 Å². The van der Waals surface area contributed by atoms with E-state index in [4.69, 9.17) is 9.84 Å². The Balaban J connectivity index is 2.15. The smallest absolute Gasteiger partial charge is 0.266 e. The summed E-state index contributed by atoms with van der Waals surface area (Å²) in [6.45, 7) is 0.0542. The van der Waals surface area contributed by atoms with Crippen LogP contribution in [0.1, 0.15) is 12.8 Å². The van der Waals surface area contributed by atoms with Gasteiger partial charge in [-0.05, 0) is 40.9 Å². The minimum atomic E-state index is -0.539. The van der Waals surface area contributed by atoms with Gasteiger partial charge in [0, 0.05) is 6.61 Å². The van der Waals surface area contributed by atoms with Gasteiger partial charge < -0.3 is 15.2 Å². The standard InChI is InChI=1S/C10H11BrN2O3/c11-8-4-3-6-9(12-8)13-10(15)7(16-6)2-1-5-14/h3-4,7,14H,1-2,5H2,(H,12,13,15). The minimum Gasteiger partial charge on any atom is -0.477 e. The van der Waals surface area contributed by atoms with Crippen molar-refractivity contribution in [3.8, 4) is 5.75 Å². The van der Waals surface area contributed by atoms with Crippen LogP contribution in [0.2, 0.25) is 0 Å². The van der Waals surface area contributed by atoms with Gasteiger partial charge in [-0.3, -0.25) is 4.79 Å². The van der Waals surface area contributed by atoms with Gasteiger partial charge >= 0.3 is 0 Å². The Morgan fingerprint density at radius 3 is 3.12 bits per heavy atom. The van der Waals surface area contributed by atoms with Crippen molar-refractivity contribution >= 4 is 27.7 Å². The summed E-state index contributed by atoms with van der Waals surface area (Å²) in [5.41, 5.74) is 0. The summed E-state index contributed by atoms with van der Waals surface area (Å²) < 4.78 is 6.14. The van der Waals surface area contributed by atoms with Crippen LogP contribution in [0.5, 0.6) is 5.75 Å². The fourth-order valence-corrected chi connectivity index (χ4v) is 1.79. The van der Waals surface area contributed by atoms with Gasteiger partial charge in [0.25, 0.3) is 5.91 Å². The first-order valence-electron chi connectivity index (χ1n) is 4.95. The van der Waals surface area contributed by atoms with Crippen molar-refractivity contribution in [1.82, 2.24) is 4.98 Å². The number of nitrogens with zero attached hydrogens (tertiary/aromatic N) is 1. The Hall–Kier alpha value is -1.14. The Labute approximate surface area is 101 Å². The largest absolute Gasteiger partial charge is 0.477 e. The van der Waals surface area contributed by atoms with Gasteiger partial charge in [-0.15, -0.1) is 0 Å². The lowest BCUT2D eigenvalue weighted by atomic mass is 10.1. The molecule has 0 fully saturated rings. The molecule has 0 saturated carbocycles. The van der Waals surface area contributed by atoms with Crippen LogP contribution in [-0.4, -0.2) is 28.7 Å². The molecule has 1 atom stereocenters. The monoisotopic (exact) mass is 286 g/mol. The maximum absolute atomic E-state index is 11.6. The predicted molar refractivity (Wildman–Crippen MR) is 61.3 cm³/mol. The normalized spacial score (nSPS) is 18.6. The topological polar surface area (TPSA) is 71.5 Å². The maximum Gasteiger partial charge on any atom is 0.266 e. The number of amides is 1. The molecule has 6 heteroatoms. The van der Waals surface area contributed by atoms with Gasteiger partial charge in [-0.25, -0.2) is 4.98 Å². The summed E-state index contributed by atoms with van der Waals surface area (Å²) in [6, 6.07) is 3.50. The molecule has 0 saturated heterocycles. The highest BCUT2D eigenvalue weighted by Crippen LogP contribution is 2.29. The van der Waals surface area contributed by atoms with Gasteiger partial charge in [0.05, 0.1) is 0 Å². The number of aliphatic hydroxyl groups excluding tert-OH is 1. The zero-order valence-electron chi connectivity index (χ0n) is 8.44. The number of anilines is 1. The Morgan fingerprint density at radius 2 is 2.38 bits per heavy atom. The summed E-state index contributed by atoms with van der Waals surface area (Å²) in [7, 11) is 0. The molecule has 2 rings (SSSR count). The Morgan fingerprint density at radius 1 is 1.56 bits per heavy atom. The van der Waals surface area contributed by atoms with Crippen molar-refractivity contribution in [1.29, 1.82) is 0 Å². The summed E-state index contributed by atoms with van der Waals surface area (Å²) >= 11 is 3.22. The molecule has 1 unspecified atom stereocenters. The van der Waals surface area contributed by atoms with Gasteiger partial charge in [0.2, 0.25) is 0 Å². The van der Waals surface area contributed by atoms with Crippen molar-refractivity contribution < 1.29 is 14.6 Å². The van der Waals surface area contributed by atoms with Crippen molar-refractivity contribution in [2.45, 2.75) is 18.9 Å². The minimum absolute atomic E-state index is 0.0542. The molecule has 86 valence electrons. The Bertz CT molecular complexity index is 411. The van der Waals surface area contributed by atoms with Crippen LogP contribution in [0.15, 0.2) is 16.7 Å². The molecular formula is C10H11BrN2O3. The molecule has 0 spiro atoms. The first-order chi connectivity index (χ1) is 7.70. The molecule has 2 heterocycles. The Kier molecular flexibility index (Phi) is 3.40. The number of fused-ring (bicyclic) bond motifs is 1. The third-order valence-corrected chi connectivity index (χ3v) is 2.69. The number of hydrogen-bond donors (Lipinski definition) is 2. The zero-order chi connectivity index (χ0) is 11.5. The summed E-state index contributed by atoms with van der Waals surface area (Å²) in [4.78, 5) is 15.7. The van der Waals surface area contributed by atoms with E-state index >= 15 is 0 Å². The number of aliphatic hydroxyl groups is 1. The number of carbonyl (C=O) groups excluding carboxylic acids is 1. The number of nitrogens with one attached hydrogen (secondary N) is 1. The SMILES string of the molecule is O=C1Nc2nc(Br)ccc2OC1CCCO. The molecule has 1 aliphatic heterocycles. The first-order valence-corrected chi connectivity index (χ1v) is 5.75. The van der Waals surface area contributed by atoms with E-state index in [1.807, 2.05) is 0 Å². The lowest BCUT2D eigenvalue weighted by Gasteiger charge is -2.24. The highest BCUT2D eigenvalue weighted by molar-refractivity contribution is 9.10. The molecule has 0 aromatic carbocycles. The fraction of sp³-hybridized carbons (Fsp3) is 0.400. The van der Waals surface area contributed by atoms with E-state index in [1.54, 1.807) is 12.1 Å². The van der Waals surface area contributed by atoms with E-state index in [1.165, 1.54) is 0 Å². The molecule has 1 aromatic heterocycles. The number of carbonyl (C=O) groups is 1. The lowest BCUT2D eigenvalue weighted by molar-refractivity contribution is -0.123. The highest BCUT2D eigenvalue weighted by atomic mass is 79.9. The summed E-state index contributed by atoms with van der Waals surface area (Å²) in [5, 5.41) is 11.4. The molecule has 0 aliphatic carbocycles. The molecule has 1 aromatic rings. The lowest BCUT2D eigenvalue weighted by Crippen LogP contribution is -2.37. The van der Waals surface area contributed by atoms with E-state index in [2.05, 4.69) is 26.2 Å². The number of ether oxygens (including phenoxy) is 1. The van der Waals surface area contributed by atoms with Crippen LogP contribution < -0.4 is 10.1 Å². The number of halogens is 1. The van der Waals surface area contributed by atoms with Crippen LogP contribution in [0, 0.1) is 0 Å². The zero-order valence-corrected chi connectivity index (χ0v) is 10.0. The second-order valence-corrected chi connectivity index (χ2v) is 4.25. The van der Waals surface area contributed by atoms with E-state index in [0.29, 0.717) is 29.0 Å². The number of hydrogen-bond acceptors (Lipinski definition) is 4. The summed E-state index contributed by atoms with van der Waals surface area (Å²) in [6.07, 6.45) is 0.498. The number of rotatable bonds is 3. The third-order valence-electron chi connectivity index (χ3n) is 2.25. The van der Waals surface area contributed by atoms with Crippen molar-refractivity contribution in [3.05, 3.63) is 16.7 Å². The van der Waals surface area contributed by atoms with E-state index in [9.17, 15) is 4.79 Å². The molecule has 0 bridgehead atoms. The quantitative estimate of drug-likeness (QED) is 0.822. The maximum atomic E-state index is 11.6. The molecule has 0 radical (unpaired) electrons. The second kappa shape index (κ2) is 4.80. The molecular weight excluding hydrogens is 276 g/mol. The van der Waals surface area contributed by atoms with Crippen molar-refractivity contribution in [2.24, 2.45) is 0 Å². The molecule has 1 amide bonds. The van der Waals surface area contributed by atoms with E-state index in [0.717, 1.165) is 0 Å². The van der Waals surface area contributed by atoms with Crippen LogP contribution in [0.25, 0.3) is 0 Å². The summed E-state index contributed by atoms with van der Waals surface area (Å²) in [5.74, 6) is 0.775. The molecule has 1 aliphatic rings. The van der Waals surface area contributed by atoms with Crippen LogP contribution in [0.4, 0.5) is 5.82 Å².